The number of nitrogens with two attached hydrogens (primary N) is 1. The first-order valence-corrected chi connectivity index (χ1v) is 6.82. The highest BCUT2D eigenvalue weighted by Crippen LogP contribution is 2.36. The van der Waals surface area contributed by atoms with E-state index in [4.69, 9.17) is 20.3 Å². The first-order valence-electron chi connectivity index (χ1n) is 6.41. The number of benzene rings is 1. The monoisotopic (exact) mass is 325 g/mol. The molecule has 9 heteroatoms. The summed E-state index contributed by atoms with van der Waals surface area (Å²) in [5.41, 5.74) is 10.5. The minimum atomic E-state index is -1.00. The van der Waals surface area contributed by atoms with Gasteiger partial charge in [0.05, 0.1) is 6.42 Å². The first kappa shape index (κ1) is 15.8. The SMILES string of the molecule is NC(=S)NNC(=O)CC(CC(=O)O)c1ccc2c(c1)OCO2. The normalized spacial score (nSPS) is 13.3. The summed E-state index contributed by atoms with van der Waals surface area (Å²) in [6.45, 7) is 0.126. The highest BCUT2D eigenvalue weighted by Gasteiger charge is 2.22. The molecule has 0 aromatic heterocycles. The summed E-state index contributed by atoms with van der Waals surface area (Å²) in [7, 11) is 0. The van der Waals surface area contributed by atoms with E-state index in [-0.39, 0.29) is 24.7 Å². The molecule has 22 heavy (non-hydrogen) atoms. The fourth-order valence-electron chi connectivity index (χ4n) is 2.09. The summed E-state index contributed by atoms with van der Waals surface area (Å²) < 4.78 is 10.5. The van der Waals surface area contributed by atoms with E-state index in [9.17, 15) is 9.59 Å². The molecule has 0 aliphatic carbocycles. The summed E-state index contributed by atoms with van der Waals surface area (Å²) in [4.78, 5) is 22.8. The fourth-order valence-corrected chi connectivity index (χ4v) is 2.14. The van der Waals surface area contributed by atoms with Crippen LogP contribution in [0.2, 0.25) is 0 Å². The van der Waals surface area contributed by atoms with Crippen molar-refractivity contribution in [1.82, 2.24) is 10.9 Å². The number of amides is 1. The lowest BCUT2D eigenvalue weighted by Crippen LogP contribution is -2.44. The number of carbonyl (C=O) groups excluding carboxylic acids is 1. The fraction of sp³-hybridized carbons (Fsp3) is 0.308. The molecule has 1 aromatic rings. The van der Waals surface area contributed by atoms with Crippen LogP contribution in [0, 0.1) is 0 Å². The number of thiocarbonyl (C=S) groups is 1. The molecule has 8 nitrogen and oxygen atoms in total. The zero-order valence-electron chi connectivity index (χ0n) is 11.5. The Labute approximate surface area is 131 Å². The Morgan fingerprint density at radius 1 is 1.27 bits per heavy atom. The first-order chi connectivity index (χ1) is 10.5. The molecular weight excluding hydrogens is 310 g/mol. The molecule has 0 saturated heterocycles. The van der Waals surface area contributed by atoms with E-state index in [1.165, 1.54) is 0 Å². The molecule has 1 unspecified atom stereocenters. The van der Waals surface area contributed by atoms with Crippen molar-refractivity contribution in [1.29, 1.82) is 0 Å². The predicted octanol–water partition coefficient (Wildman–Crippen LogP) is 0.228. The van der Waals surface area contributed by atoms with Crippen LogP contribution < -0.4 is 26.1 Å². The third kappa shape index (κ3) is 4.22. The third-order valence-corrected chi connectivity index (χ3v) is 3.15. The van der Waals surface area contributed by atoms with Gasteiger partial charge in [-0.3, -0.25) is 20.4 Å². The van der Waals surface area contributed by atoms with Gasteiger partial charge in [0.25, 0.3) is 0 Å². The van der Waals surface area contributed by atoms with Crippen LogP contribution in [0.3, 0.4) is 0 Å². The van der Waals surface area contributed by atoms with Crippen molar-refractivity contribution in [2.45, 2.75) is 18.8 Å². The van der Waals surface area contributed by atoms with E-state index in [1.807, 2.05) is 0 Å². The Bertz CT molecular complexity index is 607. The quantitative estimate of drug-likeness (QED) is 0.448. The Morgan fingerprint density at radius 2 is 2.00 bits per heavy atom. The third-order valence-electron chi connectivity index (χ3n) is 3.05. The zero-order valence-corrected chi connectivity index (χ0v) is 12.3. The highest BCUT2D eigenvalue weighted by molar-refractivity contribution is 7.80. The zero-order chi connectivity index (χ0) is 16.1. The molecule has 0 radical (unpaired) electrons. The van der Waals surface area contributed by atoms with E-state index in [1.54, 1.807) is 18.2 Å². The van der Waals surface area contributed by atoms with Crippen molar-refractivity contribution in [3.05, 3.63) is 23.8 Å². The standard InChI is InChI=1S/C13H15N3O5S/c14-13(22)16-15-11(17)4-8(5-12(18)19)7-1-2-9-10(3-7)21-6-20-9/h1-3,8H,4-6H2,(H,15,17)(H,18,19)(H3,14,16,22). The van der Waals surface area contributed by atoms with E-state index >= 15 is 0 Å². The van der Waals surface area contributed by atoms with Gasteiger partial charge in [0.15, 0.2) is 16.6 Å². The molecule has 1 atom stereocenters. The maximum atomic E-state index is 11.8. The summed E-state index contributed by atoms with van der Waals surface area (Å²) in [5, 5.41) is 8.95. The van der Waals surface area contributed by atoms with Gasteiger partial charge in [0, 0.05) is 12.3 Å². The molecule has 2 rings (SSSR count). The number of carbonyl (C=O) groups is 2. The number of carboxylic acid groups (broad SMARTS) is 1. The van der Waals surface area contributed by atoms with Crippen LogP contribution in [-0.4, -0.2) is 28.9 Å². The molecule has 0 saturated carbocycles. The second-order valence-electron chi connectivity index (χ2n) is 4.65. The van der Waals surface area contributed by atoms with Crippen LogP contribution in [0.25, 0.3) is 0 Å². The maximum Gasteiger partial charge on any atom is 0.303 e. The molecule has 1 amide bonds. The van der Waals surface area contributed by atoms with Gasteiger partial charge in [0.1, 0.15) is 0 Å². The minimum absolute atomic E-state index is 0.0401. The molecule has 1 aliphatic rings. The van der Waals surface area contributed by atoms with Crippen LogP contribution in [0.1, 0.15) is 24.3 Å². The number of nitrogens with one attached hydrogen (secondary N) is 2. The lowest BCUT2D eigenvalue weighted by molar-refractivity contribution is -0.137. The number of rotatable bonds is 5. The van der Waals surface area contributed by atoms with Crippen LogP contribution in [0.5, 0.6) is 11.5 Å². The summed E-state index contributed by atoms with van der Waals surface area (Å²) in [6, 6.07) is 5.09. The molecular formula is C13H15N3O5S. The second kappa shape index (κ2) is 6.94. The number of hydrazine groups is 1. The van der Waals surface area contributed by atoms with Crippen LogP contribution in [-0.2, 0) is 9.59 Å². The van der Waals surface area contributed by atoms with E-state index < -0.39 is 17.8 Å². The largest absolute Gasteiger partial charge is 0.481 e. The minimum Gasteiger partial charge on any atom is -0.481 e. The summed E-state index contributed by atoms with van der Waals surface area (Å²) >= 11 is 4.57. The average Bonchev–Trinajstić information content (AvgIpc) is 2.91. The van der Waals surface area contributed by atoms with Gasteiger partial charge in [-0.05, 0) is 29.9 Å². The number of ether oxygens (including phenoxy) is 2. The van der Waals surface area contributed by atoms with Crippen molar-refractivity contribution in [2.24, 2.45) is 5.73 Å². The number of hydrogen-bond acceptors (Lipinski definition) is 5. The molecule has 5 N–H and O–H groups in total. The van der Waals surface area contributed by atoms with Gasteiger partial charge in [0.2, 0.25) is 12.7 Å². The number of fused-ring (bicyclic) bond motifs is 1. The summed E-state index contributed by atoms with van der Waals surface area (Å²) in [6.07, 6.45) is -0.234. The van der Waals surface area contributed by atoms with Crippen molar-refractivity contribution >= 4 is 29.2 Å². The maximum absolute atomic E-state index is 11.8. The van der Waals surface area contributed by atoms with Crippen molar-refractivity contribution < 1.29 is 24.2 Å². The van der Waals surface area contributed by atoms with Gasteiger partial charge >= 0.3 is 5.97 Å². The lowest BCUT2D eigenvalue weighted by atomic mass is 9.92. The number of hydrogen-bond donors (Lipinski definition) is 4. The van der Waals surface area contributed by atoms with Gasteiger partial charge in [-0.2, -0.15) is 0 Å². The molecule has 0 bridgehead atoms. The Morgan fingerprint density at radius 3 is 2.68 bits per heavy atom. The van der Waals surface area contributed by atoms with E-state index in [2.05, 4.69) is 23.1 Å². The molecule has 0 fully saturated rings. The predicted molar refractivity (Wildman–Crippen MR) is 80.2 cm³/mol. The molecule has 1 aliphatic heterocycles. The van der Waals surface area contributed by atoms with Crippen LogP contribution in [0.15, 0.2) is 18.2 Å². The van der Waals surface area contributed by atoms with Gasteiger partial charge in [-0.15, -0.1) is 0 Å². The number of aliphatic carboxylic acids is 1. The highest BCUT2D eigenvalue weighted by atomic mass is 32.1. The molecule has 1 heterocycles. The van der Waals surface area contributed by atoms with Crippen molar-refractivity contribution in [2.75, 3.05) is 6.79 Å². The Kier molecular flexibility index (Phi) is 4.99. The number of carboxylic acids is 1. The van der Waals surface area contributed by atoms with Gasteiger partial charge in [-0.1, -0.05) is 6.07 Å². The van der Waals surface area contributed by atoms with Crippen molar-refractivity contribution in [3.63, 3.8) is 0 Å². The van der Waals surface area contributed by atoms with Gasteiger partial charge < -0.3 is 20.3 Å². The smallest absolute Gasteiger partial charge is 0.303 e. The molecule has 0 spiro atoms. The van der Waals surface area contributed by atoms with Crippen LogP contribution in [0.4, 0.5) is 0 Å². The topological polar surface area (TPSA) is 123 Å². The van der Waals surface area contributed by atoms with Crippen LogP contribution >= 0.6 is 12.2 Å². The molecule has 1 aromatic carbocycles. The lowest BCUT2D eigenvalue weighted by Gasteiger charge is -2.16. The van der Waals surface area contributed by atoms with E-state index in [0.29, 0.717) is 17.1 Å². The second-order valence-corrected chi connectivity index (χ2v) is 5.09. The van der Waals surface area contributed by atoms with Gasteiger partial charge in [-0.25, -0.2) is 0 Å². The van der Waals surface area contributed by atoms with E-state index in [0.717, 1.165) is 0 Å². The Balaban J connectivity index is 2.10. The Hall–Kier alpha value is -2.55. The van der Waals surface area contributed by atoms with Crippen molar-refractivity contribution in [3.8, 4) is 11.5 Å². The molecule has 118 valence electrons. The summed E-state index contributed by atoms with van der Waals surface area (Å²) in [5.74, 6) is -0.804. The average molecular weight is 325 g/mol.